The number of nitrogens with zero attached hydrogens (tertiary/aromatic N) is 6. The van der Waals surface area contributed by atoms with Crippen LogP contribution in [0.3, 0.4) is 0 Å². The average molecular weight is 577 g/mol. The van der Waals surface area contributed by atoms with Gasteiger partial charge in [0.1, 0.15) is 0 Å². The lowest BCUT2D eigenvalue weighted by atomic mass is 10.2. The van der Waals surface area contributed by atoms with Gasteiger partial charge in [0.05, 0.1) is 18.1 Å². The molecule has 3 aliphatic carbocycles. The molecule has 42 heavy (non-hydrogen) atoms. The third-order valence-electron chi connectivity index (χ3n) is 8.32. The number of aliphatic imine (C=N–C) groups is 6. The summed E-state index contributed by atoms with van der Waals surface area (Å²) in [4.78, 5) is 25.8. The van der Waals surface area contributed by atoms with E-state index in [1.165, 1.54) is 19.3 Å². The number of hydrogen-bond donors (Lipinski definition) is 0. The highest BCUT2D eigenvalue weighted by Crippen LogP contribution is 2.53. The second-order valence-electron chi connectivity index (χ2n) is 11.0. The van der Waals surface area contributed by atoms with Crippen LogP contribution in [0.1, 0.15) is 81.6 Å². The molecule has 0 amide bonds. The number of rotatable bonds is 15. The Bertz CT molecular complexity index is 774. The van der Waals surface area contributed by atoms with Crippen molar-refractivity contribution in [1.82, 2.24) is 0 Å². The van der Waals surface area contributed by atoms with E-state index in [-0.39, 0.29) is 0 Å². The van der Waals surface area contributed by atoms with Crippen LogP contribution in [0.25, 0.3) is 0 Å². The van der Waals surface area contributed by atoms with Crippen molar-refractivity contribution in [2.24, 2.45) is 65.5 Å². The largest absolute Gasteiger partial charge is 0.298 e. The van der Waals surface area contributed by atoms with E-state index in [1.54, 1.807) is 0 Å². The van der Waals surface area contributed by atoms with E-state index in [1.807, 2.05) is 78.8 Å². The SMILES string of the molecule is C/C=C\CC1C(C/C=C\C)C1C/C=C\C.CC=NC1C(N=CC)C1N=CC.CC=NCC1C(CN=CC)C1CN=CC. The molecule has 0 bridgehead atoms. The maximum absolute atomic E-state index is 4.32. The standard InChI is InChI=1S/C15H24.C12H21N3.C9H15N3/c1-4-7-10-13-14(11-8-5-2)15(13)12-9-6-3;1-4-13-7-10-11(8-14-5-2)12(10)9-15-6-3;1-4-10-7-8(11-5-2)9(7)12-6-3/h4-9,13-15H,10-12H2,1-3H3;4-6,10-12H,7-9H2,1-3H3;4-9H,1-3H3/b7-4-,8-5-,9-6-;;. The predicted octanol–water partition coefficient (Wildman–Crippen LogP) is 8.25. The van der Waals surface area contributed by atoms with Crippen molar-refractivity contribution in [3.05, 3.63) is 36.5 Å². The van der Waals surface area contributed by atoms with Gasteiger partial charge in [-0.15, -0.1) is 0 Å². The van der Waals surface area contributed by atoms with Gasteiger partial charge in [-0.05, 0) is 154 Å². The van der Waals surface area contributed by atoms with Crippen molar-refractivity contribution >= 4 is 37.3 Å². The molecule has 0 saturated heterocycles. The maximum atomic E-state index is 4.32. The molecule has 0 radical (unpaired) electrons. The minimum Gasteiger partial charge on any atom is -0.298 e. The molecular formula is C36H60N6. The summed E-state index contributed by atoms with van der Waals surface area (Å²) in [5, 5.41) is 0. The molecule has 0 unspecified atom stereocenters. The lowest BCUT2D eigenvalue weighted by molar-refractivity contribution is 0.718. The molecule has 3 rings (SSSR count). The zero-order chi connectivity index (χ0) is 31.2. The van der Waals surface area contributed by atoms with Gasteiger partial charge in [-0.1, -0.05) is 36.5 Å². The van der Waals surface area contributed by atoms with Gasteiger partial charge in [-0.3, -0.25) is 30.0 Å². The molecule has 3 aliphatic rings. The van der Waals surface area contributed by atoms with Crippen molar-refractivity contribution in [3.63, 3.8) is 0 Å². The van der Waals surface area contributed by atoms with E-state index >= 15 is 0 Å². The summed E-state index contributed by atoms with van der Waals surface area (Å²) >= 11 is 0. The van der Waals surface area contributed by atoms with E-state index in [0.29, 0.717) is 35.9 Å². The summed E-state index contributed by atoms with van der Waals surface area (Å²) in [5.74, 6) is 4.92. The summed E-state index contributed by atoms with van der Waals surface area (Å²) in [7, 11) is 0. The van der Waals surface area contributed by atoms with Crippen molar-refractivity contribution < 1.29 is 0 Å². The molecule has 0 aliphatic heterocycles. The highest BCUT2D eigenvalue weighted by atomic mass is 15.1. The van der Waals surface area contributed by atoms with E-state index in [2.05, 4.69) is 87.2 Å². The molecule has 3 fully saturated rings. The smallest absolute Gasteiger partial charge is 0.0985 e. The van der Waals surface area contributed by atoms with E-state index < -0.39 is 0 Å². The topological polar surface area (TPSA) is 74.2 Å². The molecule has 3 saturated carbocycles. The Balaban J connectivity index is 0.000000317. The molecule has 0 atom stereocenters. The highest BCUT2D eigenvalue weighted by molar-refractivity contribution is 5.59. The van der Waals surface area contributed by atoms with Gasteiger partial charge < -0.3 is 0 Å². The molecule has 6 heteroatoms. The van der Waals surface area contributed by atoms with E-state index in [9.17, 15) is 0 Å². The summed E-state index contributed by atoms with van der Waals surface area (Å²) in [5.41, 5.74) is 0. The van der Waals surface area contributed by atoms with Crippen LogP contribution >= 0.6 is 0 Å². The van der Waals surface area contributed by atoms with Gasteiger partial charge in [0, 0.05) is 19.6 Å². The zero-order valence-corrected chi connectivity index (χ0v) is 28.1. The predicted molar refractivity (Wildman–Crippen MR) is 190 cm³/mol. The minimum absolute atomic E-state index is 0.294. The highest BCUT2D eigenvalue weighted by Gasteiger charge is 2.50. The molecule has 0 heterocycles. The van der Waals surface area contributed by atoms with Crippen LogP contribution in [-0.4, -0.2) is 75.0 Å². The molecular weight excluding hydrogens is 516 g/mol. The summed E-state index contributed by atoms with van der Waals surface area (Å²) in [6.45, 7) is 20.9. The van der Waals surface area contributed by atoms with Crippen molar-refractivity contribution in [1.29, 1.82) is 0 Å². The van der Waals surface area contributed by atoms with Crippen LogP contribution < -0.4 is 0 Å². The van der Waals surface area contributed by atoms with Crippen LogP contribution in [0.4, 0.5) is 0 Å². The Kier molecular flexibility index (Phi) is 20.2. The second-order valence-corrected chi connectivity index (χ2v) is 11.0. The Hall–Kier alpha value is -2.76. The summed E-state index contributed by atoms with van der Waals surface area (Å²) < 4.78 is 0. The van der Waals surface area contributed by atoms with Gasteiger partial charge in [-0.25, -0.2) is 0 Å². The second kappa shape index (κ2) is 22.8. The fraction of sp³-hybridized carbons (Fsp3) is 0.667. The lowest BCUT2D eigenvalue weighted by Gasteiger charge is -1.90. The lowest BCUT2D eigenvalue weighted by Crippen LogP contribution is -1.91. The molecule has 0 spiro atoms. The van der Waals surface area contributed by atoms with Crippen molar-refractivity contribution in [2.45, 2.75) is 99.7 Å². The first kappa shape index (κ1) is 37.3. The molecule has 234 valence electrons. The molecule has 0 aromatic heterocycles. The van der Waals surface area contributed by atoms with Crippen LogP contribution in [-0.2, 0) is 0 Å². The van der Waals surface area contributed by atoms with Crippen LogP contribution in [0.5, 0.6) is 0 Å². The Morgan fingerprint density at radius 1 is 0.357 bits per heavy atom. The van der Waals surface area contributed by atoms with Gasteiger partial charge in [0.2, 0.25) is 0 Å². The minimum atomic E-state index is 0.294. The Morgan fingerprint density at radius 3 is 0.810 bits per heavy atom. The fourth-order valence-corrected chi connectivity index (χ4v) is 5.78. The molecule has 0 aromatic rings. The van der Waals surface area contributed by atoms with Crippen molar-refractivity contribution in [2.75, 3.05) is 19.6 Å². The molecule has 0 aromatic carbocycles. The normalized spacial score (nSPS) is 32.4. The third kappa shape index (κ3) is 13.5. The monoisotopic (exact) mass is 576 g/mol. The summed E-state index contributed by atoms with van der Waals surface area (Å²) in [6, 6.07) is 0.882. The zero-order valence-electron chi connectivity index (χ0n) is 28.1. The molecule has 6 nitrogen and oxygen atoms in total. The van der Waals surface area contributed by atoms with Crippen LogP contribution in [0.15, 0.2) is 66.4 Å². The molecule has 0 N–H and O–H groups in total. The first-order chi connectivity index (χ1) is 20.5. The van der Waals surface area contributed by atoms with E-state index in [4.69, 9.17) is 0 Å². The van der Waals surface area contributed by atoms with Gasteiger partial charge in [-0.2, -0.15) is 0 Å². The first-order valence-electron chi connectivity index (χ1n) is 16.1. The van der Waals surface area contributed by atoms with Gasteiger partial charge >= 0.3 is 0 Å². The quantitative estimate of drug-likeness (QED) is 0.139. The number of hydrogen-bond acceptors (Lipinski definition) is 6. The first-order valence-corrected chi connectivity index (χ1v) is 16.1. The van der Waals surface area contributed by atoms with Crippen molar-refractivity contribution in [3.8, 4) is 0 Å². The van der Waals surface area contributed by atoms with Gasteiger partial charge in [0.15, 0.2) is 0 Å². The van der Waals surface area contributed by atoms with Gasteiger partial charge in [0.25, 0.3) is 0 Å². The van der Waals surface area contributed by atoms with E-state index in [0.717, 1.165) is 37.4 Å². The third-order valence-corrected chi connectivity index (χ3v) is 8.32. The fourth-order valence-electron chi connectivity index (χ4n) is 5.78. The number of allylic oxidation sites excluding steroid dienone is 6. The average Bonchev–Trinajstić information content (AvgIpc) is 3.95. The van der Waals surface area contributed by atoms with Crippen LogP contribution in [0.2, 0.25) is 0 Å². The summed E-state index contributed by atoms with van der Waals surface area (Å²) in [6.07, 6.45) is 28.5. The Labute approximate surface area is 258 Å². The van der Waals surface area contributed by atoms with Crippen LogP contribution in [0, 0.1) is 35.5 Å². The maximum Gasteiger partial charge on any atom is 0.0985 e. The Morgan fingerprint density at radius 2 is 0.619 bits per heavy atom.